The van der Waals surface area contributed by atoms with Crippen molar-refractivity contribution >= 4 is 101 Å². The lowest BCUT2D eigenvalue weighted by atomic mass is 10.0. The predicted octanol–water partition coefficient (Wildman–Crippen LogP) is -7.11. The number of aliphatic imine (C=N–C) groups is 2. The van der Waals surface area contributed by atoms with Crippen LogP contribution in [-0.2, 0) is 94.2 Å². The number of nitrogens with two attached hydrogens (primary N) is 5. The third-order valence-corrected chi connectivity index (χ3v) is 16.0. The first-order chi connectivity index (χ1) is 50.2. The van der Waals surface area contributed by atoms with Crippen molar-refractivity contribution in [1.29, 1.82) is 0 Å². The van der Waals surface area contributed by atoms with Gasteiger partial charge in [0.2, 0.25) is 76.8 Å². The maximum atomic E-state index is 14.3. The van der Waals surface area contributed by atoms with E-state index in [9.17, 15) is 82.1 Å². The Kier molecular flexibility index (Phi) is 39.4. The number of carbonyl (C=O) groups is 15. The number of hydrogen-bond acceptors (Lipinski definition) is 20. The van der Waals surface area contributed by atoms with Crippen molar-refractivity contribution in [3.05, 3.63) is 71.8 Å². The normalized spacial score (nSPS) is 20.5. The van der Waals surface area contributed by atoms with Crippen LogP contribution in [0.15, 0.2) is 70.6 Å². The molecular weight excluding hydrogens is 1380 g/mol. The van der Waals surface area contributed by atoms with Crippen LogP contribution in [-0.4, -0.2) is 237 Å². The van der Waals surface area contributed by atoms with Gasteiger partial charge in [-0.3, -0.25) is 81.9 Å². The second kappa shape index (κ2) is 48.0. The van der Waals surface area contributed by atoms with Gasteiger partial charge in [-0.1, -0.05) is 60.7 Å². The van der Waals surface area contributed by atoms with Gasteiger partial charge < -0.3 is 117 Å². The van der Waals surface area contributed by atoms with Gasteiger partial charge in [0.1, 0.15) is 54.4 Å². The van der Waals surface area contributed by atoms with Gasteiger partial charge in [0, 0.05) is 58.4 Å². The fourth-order valence-corrected chi connectivity index (χ4v) is 10.7. The molecule has 2 aromatic carbocycles. The zero-order valence-corrected chi connectivity index (χ0v) is 58.4. The number of amides is 13. The number of guanidine groups is 2. The van der Waals surface area contributed by atoms with E-state index in [1.165, 1.54) is 0 Å². The van der Waals surface area contributed by atoms with E-state index in [1.54, 1.807) is 60.7 Å². The molecule has 39 nitrogen and oxygen atoms in total. The number of rotatable bonds is 39. The zero-order chi connectivity index (χ0) is 77.1. The number of benzene rings is 2. The minimum Gasteiger partial charge on any atom is -0.481 e. The molecule has 0 saturated carbocycles. The molecule has 2 heterocycles. The van der Waals surface area contributed by atoms with Gasteiger partial charge in [0.15, 0.2) is 11.9 Å². The summed E-state index contributed by atoms with van der Waals surface area (Å²) >= 11 is 0. The van der Waals surface area contributed by atoms with Gasteiger partial charge in [-0.2, -0.15) is 0 Å². The quantitative estimate of drug-likeness (QED) is 0.0168. The summed E-state index contributed by atoms with van der Waals surface area (Å²) in [6, 6.07) is 3.71. The van der Waals surface area contributed by atoms with E-state index < -0.39 is 169 Å². The van der Waals surface area contributed by atoms with Crippen LogP contribution in [0.4, 0.5) is 0 Å². The molecule has 4 rings (SSSR count). The standard InChI is InChI=1S/C66H100N20O19/c67-24-30-105-32-31-104-29-23-51(88)78-45(56(95)73-26-10-8-18-44-60(99)82-42(20-12-28-75-66(70)71)58(97)77-38-53(90)80-49(36-55(93)94)64(103)86-47(62(101)84-44)34-40-15-5-2-6-16-40)21-22-50(87)72-25-9-7-17-43-59(98)81-41(19-11-27-74-65(68)69)57(96)76-37-52(89)79-48(35-54(91)92)63(102)85-46(61(100)83-43)33-39-13-3-1-4-14-39/h1-6,13-16,41-49H,7-12,17-38,67H2,(H,72,87)(H,73,95)(H,76,96)(H,77,97)(H,78,88)(H,79,89)(H,80,90)(H,81,98)(H,82,99)(H,83,100)(H,84,101)(H,85,102)(H,86,103)(H,91,92)(H,93,94)(H4,68,69,74)(H4,70,71,75)/t41-,42-,43?,44-,45?,46+,47+,48-,49-/m0/s1. The van der Waals surface area contributed by atoms with Gasteiger partial charge >= 0.3 is 11.9 Å². The molecule has 13 amide bonds. The third-order valence-electron chi connectivity index (χ3n) is 16.0. The molecule has 2 fully saturated rings. The molecule has 2 unspecified atom stereocenters. The number of carboxylic acid groups (broad SMARTS) is 2. The van der Waals surface area contributed by atoms with Crippen LogP contribution in [0.25, 0.3) is 0 Å². The van der Waals surface area contributed by atoms with Crippen molar-refractivity contribution in [3.8, 4) is 0 Å². The molecule has 0 aliphatic carbocycles. The lowest BCUT2D eigenvalue weighted by Crippen LogP contribution is -2.58. The Morgan fingerprint density at radius 1 is 0.448 bits per heavy atom. The fourth-order valence-electron chi connectivity index (χ4n) is 10.7. The monoisotopic (exact) mass is 1480 g/mol. The van der Waals surface area contributed by atoms with E-state index >= 15 is 0 Å². The number of hydrogen-bond donors (Lipinski definition) is 20. The Bertz CT molecular complexity index is 3310. The molecule has 0 radical (unpaired) electrons. The second-order valence-corrected chi connectivity index (χ2v) is 24.6. The summed E-state index contributed by atoms with van der Waals surface area (Å²) in [6.45, 7) is -0.638. The average Bonchev–Trinajstić information content (AvgIpc) is 1.84. The van der Waals surface area contributed by atoms with Gasteiger partial charge in [-0.05, 0) is 81.8 Å². The van der Waals surface area contributed by atoms with Crippen molar-refractivity contribution in [1.82, 2.24) is 69.1 Å². The summed E-state index contributed by atoms with van der Waals surface area (Å²) in [5.74, 6) is -14.5. The van der Waals surface area contributed by atoms with E-state index in [0.29, 0.717) is 17.7 Å². The van der Waals surface area contributed by atoms with Crippen molar-refractivity contribution < 1.29 is 91.6 Å². The number of aliphatic carboxylic acids is 2. The molecule has 2 saturated heterocycles. The Hall–Kier alpha value is -11.1. The molecule has 9 atom stereocenters. The first kappa shape index (κ1) is 86.3. The van der Waals surface area contributed by atoms with Crippen LogP contribution in [0.2, 0.25) is 0 Å². The highest BCUT2D eigenvalue weighted by Crippen LogP contribution is 2.13. The number of ether oxygens (including phenoxy) is 2. The average molecular weight is 1480 g/mol. The molecule has 105 heavy (non-hydrogen) atoms. The van der Waals surface area contributed by atoms with E-state index in [-0.39, 0.29) is 161 Å². The van der Waals surface area contributed by atoms with Gasteiger partial charge in [0.25, 0.3) is 0 Å². The largest absolute Gasteiger partial charge is 0.481 e. The molecule has 578 valence electrons. The van der Waals surface area contributed by atoms with Crippen molar-refractivity contribution in [2.24, 2.45) is 38.7 Å². The van der Waals surface area contributed by atoms with Crippen LogP contribution < -0.4 is 97.8 Å². The number of unbranched alkanes of at least 4 members (excludes halogenated alkanes) is 2. The zero-order valence-electron chi connectivity index (χ0n) is 58.4. The van der Waals surface area contributed by atoms with Crippen LogP contribution in [0.5, 0.6) is 0 Å². The summed E-state index contributed by atoms with van der Waals surface area (Å²) in [5, 5.41) is 52.4. The maximum absolute atomic E-state index is 14.3. The number of nitrogens with one attached hydrogen (secondary N) is 13. The predicted molar refractivity (Wildman–Crippen MR) is 376 cm³/mol. The molecule has 39 heteroatoms. The highest BCUT2D eigenvalue weighted by atomic mass is 16.5. The molecule has 25 N–H and O–H groups in total. The minimum absolute atomic E-state index is 0.00794. The summed E-state index contributed by atoms with van der Waals surface area (Å²) in [7, 11) is 0. The Morgan fingerprint density at radius 2 is 0.829 bits per heavy atom. The molecular formula is C66H100N20O19. The smallest absolute Gasteiger partial charge is 0.305 e. The highest BCUT2D eigenvalue weighted by Gasteiger charge is 2.36. The lowest BCUT2D eigenvalue weighted by Gasteiger charge is -2.26. The Morgan fingerprint density at radius 3 is 1.25 bits per heavy atom. The number of nitrogens with zero attached hydrogens (tertiary/aromatic N) is 2. The topological polar surface area (TPSA) is 626 Å². The first-order valence-electron chi connectivity index (χ1n) is 34.5. The van der Waals surface area contributed by atoms with Crippen LogP contribution in [0, 0.1) is 0 Å². The molecule has 2 aliphatic heterocycles. The van der Waals surface area contributed by atoms with Crippen LogP contribution in [0.1, 0.15) is 107 Å². The molecule has 2 aromatic rings. The van der Waals surface area contributed by atoms with E-state index in [4.69, 9.17) is 38.1 Å². The Balaban J connectivity index is 1.51. The minimum atomic E-state index is -1.71. The molecule has 0 aromatic heterocycles. The molecule has 0 spiro atoms. The van der Waals surface area contributed by atoms with Gasteiger partial charge in [-0.25, -0.2) is 0 Å². The Labute approximate surface area is 605 Å². The van der Waals surface area contributed by atoms with Gasteiger partial charge in [-0.15, -0.1) is 0 Å². The van der Waals surface area contributed by atoms with E-state index in [0.717, 1.165) is 0 Å². The summed E-state index contributed by atoms with van der Waals surface area (Å²) in [6.07, 6.45) is -2.40. The van der Waals surface area contributed by atoms with Crippen LogP contribution in [0.3, 0.4) is 0 Å². The lowest BCUT2D eigenvalue weighted by molar-refractivity contribution is -0.141. The first-order valence-corrected chi connectivity index (χ1v) is 34.5. The van der Waals surface area contributed by atoms with E-state index in [2.05, 4.69) is 79.1 Å². The van der Waals surface area contributed by atoms with Crippen LogP contribution >= 0.6 is 0 Å². The summed E-state index contributed by atoms with van der Waals surface area (Å²) < 4.78 is 10.8. The highest BCUT2D eigenvalue weighted by molar-refractivity contribution is 6.00. The third kappa shape index (κ3) is 35.6. The molecule has 2 aliphatic rings. The SMILES string of the molecule is NCCOCCOCCC(=O)NC(CCC(=O)NCCCCC1NC(=O)[C@@H](Cc2ccccc2)NC(=O)[C@H](CC(=O)O)NC(=O)CNC(=O)[C@H](CCCN=C(N)N)NC1=O)C(=O)NCCCC[C@@H]1NC(=O)[C@@H](Cc2ccccc2)NC(=O)[C@H](CC(=O)O)NC(=O)CNC(=O)[C@H](CCCN=C(N)N)NC1=O. The summed E-state index contributed by atoms with van der Waals surface area (Å²) in [5.41, 5.74) is 28.5. The van der Waals surface area contributed by atoms with Gasteiger partial charge in [0.05, 0.1) is 52.4 Å². The summed E-state index contributed by atoms with van der Waals surface area (Å²) in [4.78, 5) is 210. The fraction of sp³-hybridized carbons (Fsp3) is 0.561. The van der Waals surface area contributed by atoms with Crippen molar-refractivity contribution in [3.63, 3.8) is 0 Å². The van der Waals surface area contributed by atoms with Crippen molar-refractivity contribution in [2.45, 2.75) is 164 Å². The second-order valence-electron chi connectivity index (χ2n) is 24.6. The van der Waals surface area contributed by atoms with E-state index in [1.807, 2.05) is 0 Å². The molecule has 0 bridgehead atoms. The maximum Gasteiger partial charge on any atom is 0.305 e. The number of carboxylic acids is 2. The number of carbonyl (C=O) groups excluding carboxylic acids is 13. The van der Waals surface area contributed by atoms with Crippen molar-refractivity contribution in [2.75, 3.05) is 72.2 Å².